The molecule has 6 nitrogen and oxygen atoms in total. The second-order valence-electron chi connectivity index (χ2n) is 11.1. The first kappa shape index (κ1) is 25.4. The molecule has 1 aromatic rings. The van der Waals surface area contributed by atoms with Gasteiger partial charge in [0.15, 0.2) is 0 Å². The van der Waals surface area contributed by atoms with Crippen LogP contribution in [0.4, 0.5) is 4.79 Å². The normalized spacial score (nSPS) is 31.6. The number of nitrogens with one attached hydrogen (secondary N) is 2. The third-order valence-corrected chi connectivity index (χ3v) is 10.5. The lowest BCUT2D eigenvalue weighted by Crippen LogP contribution is -2.55. The van der Waals surface area contributed by atoms with Gasteiger partial charge in [0.1, 0.15) is 0 Å². The molecule has 1 amide bonds. The molecule has 4 saturated carbocycles. The topological polar surface area (TPSA) is 91.2 Å². The van der Waals surface area contributed by atoms with Crippen LogP contribution in [-0.2, 0) is 9.53 Å². The smallest absolute Gasteiger partial charge is 0.336 e. The minimum Gasteiger partial charge on any atom is -0.463 e. The Morgan fingerprint density at radius 3 is 2.50 bits per heavy atom. The predicted molar refractivity (Wildman–Crippen MR) is 143 cm³/mol. The fourth-order valence-electron chi connectivity index (χ4n) is 7.58. The maximum Gasteiger partial charge on any atom is 0.336 e. The summed E-state index contributed by atoms with van der Waals surface area (Å²) in [5.41, 5.74) is 2.54. The molecule has 6 rings (SSSR count). The lowest BCUT2D eigenvalue weighted by Gasteiger charge is -2.59. The molecular formula is C28H35N3O3S2. The van der Waals surface area contributed by atoms with Crippen molar-refractivity contribution in [2.75, 3.05) is 12.4 Å². The minimum atomic E-state index is -0.486. The molecular weight excluding hydrogens is 490 g/mol. The van der Waals surface area contributed by atoms with Crippen LogP contribution < -0.4 is 10.6 Å². The molecule has 36 heavy (non-hydrogen) atoms. The first-order chi connectivity index (χ1) is 17.3. The zero-order valence-corrected chi connectivity index (χ0v) is 22.9. The van der Waals surface area contributed by atoms with Crippen LogP contribution in [0.5, 0.6) is 0 Å². The highest BCUT2D eigenvalue weighted by Gasteiger charge is 2.53. The summed E-state index contributed by atoms with van der Waals surface area (Å²) in [4.78, 5) is 26.8. The molecule has 0 radical (unpaired) electrons. The highest BCUT2D eigenvalue weighted by molar-refractivity contribution is 8.13. The number of ether oxygens (including phenoxy) is 1. The van der Waals surface area contributed by atoms with Gasteiger partial charge in [-0.15, -0.1) is 11.3 Å². The SMILES string of the molecule is CCOC(=O)C1=C(C)NC(CSC(=O)NC(C)C23CC4CC(CC(C4)C2)C3)=C(C#N)C1c1cccs1. The van der Waals surface area contributed by atoms with Crippen LogP contribution in [0.2, 0.25) is 0 Å². The van der Waals surface area contributed by atoms with E-state index in [1.165, 1.54) is 61.6 Å². The predicted octanol–water partition coefficient (Wildman–Crippen LogP) is 6.10. The number of hydrogen-bond donors (Lipinski definition) is 2. The average Bonchev–Trinajstić information content (AvgIpc) is 3.36. The third-order valence-electron chi connectivity index (χ3n) is 8.77. The number of dihydropyridines is 1. The van der Waals surface area contributed by atoms with Gasteiger partial charge < -0.3 is 15.4 Å². The monoisotopic (exact) mass is 525 g/mol. The second-order valence-corrected chi connectivity index (χ2v) is 13.0. The lowest BCUT2D eigenvalue weighted by molar-refractivity contribution is -0.138. The number of amides is 1. The number of carbonyl (C=O) groups excluding carboxylic acids is 2. The molecule has 0 spiro atoms. The van der Waals surface area contributed by atoms with Gasteiger partial charge in [-0.25, -0.2) is 4.79 Å². The van der Waals surface area contributed by atoms with Crippen LogP contribution >= 0.6 is 23.1 Å². The number of nitrogens with zero attached hydrogens (tertiary/aromatic N) is 1. The molecule has 1 aliphatic heterocycles. The molecule has 0 aromatic carbocycles. The van der Waals surface area contributed by atoms with Crippen molar-refractivity contribution in [1.82, 2.24) is 10.6 Å². The van der Waals surface area contributed by atoms with E-state index in [1.807, 2.05) is 24.4 Å². The van der Waals surface area contributed by atoms with Gasteiger partial charge in [0.25, 0.3) is 5.24 Å². The van der Waals surface area contributed by atoms with Crippen molar-refractivity contribution in [3.63, 3.8) is 0 Å². The zero-order valence-electron chi connectivity index (χ0n) is 21.3. The molecule has 2 heterocycles. The number of esters is 1. The summed E-state index contributed by atoms with van der Waals surface area (Å²) < 4.78 is 5.32. The van der Waals surface area contributed by atoms with Gasteiger partial charge >= 0.3 is 5.97 Å². The average molecular weight is 526 g/mol. The fourth-order valence-corrected chi connectivity index (χ4v) is 9.19. The molecule has 2 atom stereocenters. The van der Waals surface area contributed by atoms with Crippen molar-refractivity contribution in [2.24, 2.45) is 23.2 Å². The summed E-state index contributed by atoms with van der Waals surface area (Å²) in [5.74, 6) is 1.97. The van der Waals surface area contributed by atoms with E-state index in [0.29, 0.717) is 28.3 Å². The Kier molecular flexibility index (Phi) is 7.24. The maximum absolute atomic E-state index is 13.1. The van der Waals surface area contributed by atoms with Crippen molar-refractivity contribution >= 4 is 34.3 Å². The first-order valence-corrected chi connectivity index (χ1v) is 14.9. The molecule has 5 aliphatic rings. The van der Waals surface area contributed by atoms with Gasteiger partial charge in [-0.1, -0.05) is 17.8 Å². The first-order valence-electron chi connectivity index (χ1n) is 13.1. The van der Waals surface area contributed by atoms with E-state index < -0.39 is 11.9 Å². The van der Waals surface area contributed by atoms with Crippen LogP contribution in [0.1, 0.15) is 70.1 Å². The van der Waals surface area contributed by atoms with Crippen molar-refractivity contribution in [1.29, 1.82) is 5.26 Å². The van der Waals surface area contributed by atoms with Gasteiger partial charge in [-0.05, 0) is 93.9 Å². The Hall–Kier alpha value is -2.24. The zero-order chi connectivity index (χ0) is 25.4. The largest absolute Gasteiger partial charge is 0.463 e. The van der Waals surface area contributed by atoms with Gasteiger partial charge in [0, 0.05) is 28.1 Å². The van der Waals surface area contributed by atoms with Crippen molar-refractivity contribution < 1.29 is 14.3 Å². The van der Waals surface area contributed by atoms with Crippen molar-refractivity contribution in [2.45, 2.75) is 71.3 Å². The molecule has 4 fully saturated rings. The van der Waals surface area contributed by atoms with Gasteiger partial charge in [0.05, 0.1) is 29.7 Å². The summed E-state index contributed by atoms with van der Waals surface area (Å²) in [6.45, 7) is 6.07. The Bertz CT molecular complexity index is 1100. The summed E-state index contributed by atoms with van der Waals surface area (Å²) in [6.07, 6.45) is 7.91. The van der Waals surface area contributed by atoms with Crippen LogP contribution in [0, 0.1) is 34.5 Å². The fraction of sp³-hybridized carbons (Fsp3) is 0.607. The number of hydrogen-bond acceptors (Lipinski definition) is 7. The van der Waals surface area contributed by atoms with Crippen LogP contribution in [0.3, 0.4) is 0 Å². The molecule has 8 heteroatoms. The standard InChI is InChI=1S/C28H35N3O3S2/c1-4-34-26(32)24-16(2)30-22(21(14-29)25(24)23-6-5-7-35-23)15-36-27(33)31-17(3)28-11-18-8-19(12-28)10-20(9-18)13-28/h5-7,17-20,25,30H,4,8-13,15H2,1-3H3,(H,31,33). The minimum absolute atomic E-state index is 0.0460. The number of carbonyl (C=O) groups is 2. The maximum atomic E-state index is 13.1. The van der Waals surface area contributed by atoms with Crippen LogP contribution in [0.25, 0.3) is 0 Å². The van der Waals surface area contributed by atoms with E-state index in [2.05, 4.69) is 23.6 Å². The summed E-state index contributed by atoms with van der Waals surface area (Å²) in [6, 6.07) is 6.35. The Morgan fingerprint density at radius 2 is 1.94 bits per heavy atom. The Morgan fingerprint density at radius 1 is 1.28 bits per heavy atom. The highest BCUT2D eigenvalue weighted by atomic mass is 32.2. The van der Waals surface area contributed by atoms with Gasteiger partial charge in [-0.3, -0.25) is 4.79 Å². The van der Waals surface area contributed by atoms with Crippen molar-refractivity contribution in [3.05, 3.63) is 44.9 Å². The van der Waals surface area contributed by atoms with E-state index in [-0.39, 0.29) is 23.3 Å². The number of thioether (sulfide) groups is 1. The Balaban J connectivity index is 1.29. The molecule has 1 aromatic heterocycles. The van der Waals surface area contributed by atoms with E-state index in [4.69, 9.17) is 4.74 Å². The van der Waals surface area contributed by atoms with Crippen LogP contribution in [-0.4, -0.2) is 29.6 Å². The molecule has 2 N–H and O–H groups in total. The van der Waals surface area contributed by atoms with E-state index in [0.717, 1.165) is 22.6 Å². The molecule has 192 valence electrons. The van der Waals surface area contributed by atoms with E-state index >= 15 is 0 Å². The number of nitriles is 1. The van der Waals surface area contributed by atoms with Crippen LogP contribution in [0.15, 0.2) is 40.1 Å². The van der Waals surface area contributed by atoms with E-state index in [9.17, 15) is 14.9 Å². The number of allylic oxidation sites excluding steroid dienone is 2. The summed E-state index contributed by atoms with van der Waals surface area (Å²) in [5, 5.41) is 18.6. The summed E-state index contributed by atoms with van der Waals surface area (Å²) in [7, 11) is 0. The molecule has 4 bridgehead atoms. The third kappa shape index (κ3) is 4.72. The van der Waals surface area contributed by atoms with Crippen molar-refractivity contribution in [3.8, 4) is 6.07 Å². The highest BCUT2D eigenvalue weighted by Crippen LogP contribution is 2.61. The quantitative estimate of drug-likeness (QED) is 0.418. The molecule has 4 aliphatic carbocycles. The van der Waals surface area contributed by atoms with Gasteiger partial charge in [-0.2, -0.15) is 5.26 Å². The number of rotatable bonds is 7. The Labute approximate surface area is 221 Å². The second kappa shape index (κ2) is 10.3. The van der Waals surface area contributed by atoms with Gasteiger partial charge in [0.2, 0.25) is 0 Å². The number of thiophene rings is 1. The van der Waals surface area contributed by atoms with E-state index in [1.54, 1.807) is 6.92 Å². The lowest BCUT2D eigenvalue weighted by atomic mass is 9.48. The molecule has 0 saturated heterocycles. The molecule has 2 unspecified atom stereocenters. The summed E-state index contributed by atoms with van der Waals surface area (Å²) >= 11 is 2.71.